The van der Waals surface area contributed by atoms with Gasteiger partial charge in [0.1, 0.15) is 25.0 Å². The van der Waals surface area contributed by atoms with E-state index in [1.54, 1.807) is 37.6 Å². The molecule has 41 heavy (non-hydrogen) atoms. The van der Waals surface area contributed by atoms with Gasteiger partial charge < -0.3 is 29.4 Å². The molecule has 1 aliphatic rings. The van der Waals surface area contributed by atoms with E-state index in [1.807, 2.05) is 7.05 Å². The molecule has 1 aliphatic heterocycles. The molecule has 0 bridgehead atoms. The number of hydrogen-bond donors (Lipinski definition) is 2. The zero-order valence-electron chi connectivity index (χ0n) is 23.8. The summed E-state index contributed by atoms with van der Waals surface area (Å²) < 4.78 is 58.6. The van der Waals surface area contributed by atoms with Crippen molar-refractivity contribution >= 4 is 35.1 Å². The summed E-state index contributed by atoms with van der Waals surface area (Å²) in [5.74, 6) is 6.29. The molecule has 2 heterocycles. The average molecular weight is 590 g/mol. The number of rotatable bonds is 7. The lowest BCUT2D eigenvalue weighted by Crippen LogP contribution is -2.48. The minimum absolute atomic E-state index is 0.0550. The van der Waals surface area contributed by atoms with Gasteiger partial charge in [-0.2, -0.15) is 13.2 Å². The highest BCUT2D eigenvalue weighted by atomic mass is 31.2. The van der Waals surface area contributed by atoms with Gasteiger partial charge >= 0.3 is 6.18 Å². The van der Waals surface area contributed by atoms with Gasteiger partial charge in [-0.15, -0.1) is 0 Å². The molecule has 1 aromatic heterocycles. The fourth-order valence-electron chi connectivity index (χ4n) is 4.99. The summed E-state index contributed by atoms with van der Waals surface area (Å²) in [6.45, 7) is 6.07. The van der Waals surface area contributed by atoms with Crippen molar-refractivity contribution in [2.24, 2.45) is 5.92 Å². The third kappa shape index (κ3) is 7.63. The van der Waals surface area contributed by atoms with Crippen LogP contribution in [0.4, 0.5) is 18.9 Å². The van der Waals surface area contributed by atoms with Crippen LogP contribution in [0.2, 0.25) is 0 Å². The summed E-state index contributed by atoms with van der Waals surface area (Å²) in [5, 5.41) is 6.91. The number of anilines is 1. The molecule has 2 aromatic carbocycles. The summed E-state index contributed by atoms with van der Waals surface area (Å²) in [5.41, 5.74) is 1.62. The maximum absolute atomic E-state index is 13.4. The van der Waals surface area contributed by atoms with Gasteiger partial charge in [-0.05, 0) is 69.6 Å². The highest BCUT2D eigenvalue weighted by Gasteiger charge is 2.30. The fraction of sp³-hybridized carbons (Fsp3) is 0.448. The van der Waals surface area contributed by atoms with Crippen LogP contribution in [0.5, 0.6) is 5.75 Å². The number of fused-ring (bicyclic) bond motifs is 1. The molecular weight excluding hydrogens is 554 g/mol. The SMILES string of the molecule is COc1cc(P(C)(C)=O)ccc1NCC#Cc1cc(C(=O)N[C@H]2CCN(C)C[C@@H]2C)c2ncn(CC(F)(F)F)c2c1. The van der Waals surface area contributed by atoms with E-state index in [9.17, 15) is 22.5 Å². The first-order valence-electron chi connectivity index (χ1n) is 13.3. The smallest absolute Gasteiger partial charge is 0.406 e. The first-order valence-corrected chi connectivity index (χ1v) is 15.9. The lowest BCUT2D eigenvalue weighted by molar-refractivity contribution is -0.139. The lowest BCUT2D eigenvalue weighted by Gasteiger charge is -2.35. The highest BCUT2D eigenvalue weighted by molar-refractivity contribution is 7.70. The van der Waals surface area contributed by atoms with Crippen molar-refractivity contribution in [2.75, 3.05) is 52.4 Å². The van der Waals surface area contributed by atoms with Gasteiger partial charge in [0.05, 0.1) is 36.7 Å². The second kappa shape index (κ2) is 12.2. The van der Waals surface area contributed by atoms with Crippen LogP contribution in [0.3, 0.4) is 0 Å². The standard InChI is InChI=1S/C29H35F3N5O3P/c1-19-16-36(2)12-10-23(19)35-28(38)22-13-20(14-25-27(22)34-18-37(25)17-29(30,31)32)7-6-11-33-24-9-8-21(41(4,5)39)15-26(24)40-3/h8-9,13-15,18-19,23,33H,10-12,16-17H2,1-5H3,(H,35,38)/t19-,23-/m0/s1. The topological polar surface area (TPSA) is 88.5 Å². The van der Waals surface area contributed by atoms with E-state index in [0.717, 1.165) is 30.4 Å². The second-order valence-electron chi connectivity index (χ2n) is 10.9. The number of nitrogens with one attached hydrogen (secondary N) is 2. The van der Waals surface area contributed by atoms with Crippen LogP contribution in [0.25, 0.3) is 11.0 Å². The lowest BCUT2D eigenvalue weighted by atomic mass is 9.93. The molecule has 1 amide bonds. The van der Waals surface area contributed by atoms with E-state index >= 15 is 0 Å². The Bertz CT molecular complexity index is 1540. The number of methoxy groups -OCH3 is 1. The number of piperidine rings is 1. The Labute approximate surface area is 238 Å². The number of likely N-dealkylation sites (tertiary alicyclic amines) is 1. The summed E-state index contributed by atoms with van der Waals surface area (Å²) >= 11 is 0. The summed E-state index contributed by atoms with van der Waals surface area (Å²) in [7, 11) is 1.09. The molecule has 8 nitrogen and oxygen atoms in total. The summed E-state index contributed by atoms with van der Waals surface area (Å²) in [6.07, 6.45) is -2.57. The number of imidazole rings is 1. The number of nitrogens with zero attached hydrogens (tertiary/aromatic N) is 3. The van der Waals surface area contributed by atoms with E-state index in [2.05, 4.69) is 39.3 Å². The number of carbonyl (C=O) groups excluding carboxylic acids is 1. The van der Waals surface area contributed by atoms with Crippen LogP contribution in [0.1, 0.15) is 29.3 Å². The molecular formula is C29H35F3N5O3P. The van der Waals surface area contributed by atoms with Crippen LogP contribution < -0.4 is 20.7 Å². The Morgan fingerprint density at radius 2 is 2.00 bits per heavy atom. The molecule has 1 saturated heterocycles. The summed E-state index contributed by atoms with van der Waals surface area (Å²) in [4.78, 5) is 19.8. The molecule has 0 radical (unpaired) electrons. The molecule has 0 spiro atoms. The van der Waals surface area contributed by atoms with Gasteiger partial charge in [0.2, 0.25) is 0 Å². The predicted molar refractivity (Wildman–Crippen MR) is 156 cm³/mol. The summed E-state index contributed by atoms with van der Waals surface area (Å²) in [6, 6.07) is 8.30. The third-order valence-electron chi connectivity index (χ3n) is 7.15. The number of halogens is 3. The normalized spacial score (nSPS) is 18.0. The number of hydrogen-bond acceptors (Lipinski definition) is 6. The minimum Gasteiger partial charge on any atom is -0.495 e. The largest absolute Gasteiger partial charge is 0.495 e. The van der Waals surface area contributed by atoms with Gasteiger partial charge in [-0.1, -0.05) is 18.8 Å². The van der Waals surface area contributed by atoms with Crippen LogP contribution in [-0.2, 0) is 11.1 Å². The van der Waals surface area contributed by atoms with Gasteiger partial charge in [0, 0.05) is 23.5 Å². The molecule has 0 saturated carbocycles. The molecule has 220 valence electrons. The van der Waals surface area contributed by atoms with Crippen molar-refractivity contribution in [3.05, 3.63) is 47.8 Å². The van der Waals surface area contributed by atoms with Gasteiger partial charge in [0.25, 0.3) is 5.91 Å². The van der Waals surface area contributed by atoms with Crippen LogP contribution in [0, 0.1) is 17.8 Å². The number of amides is 1. The first kappa shape index (κ1) is 30.5. The van der Waals surface area contributed by atoms with E-state index in [1.165, 1.54) is 13.2 Å². The fourth-order valence-corrected chi connectivity index (χ4v) is 5.85. The number of ether oxygens (including phenoxy) is 1. The Hall–Kier alpha value is -3.48. The molecule has 2 N–H and O–H groups in total. The Kier molecular flexibility index (Phi) is 9.05. The second-order valence-corrected chi connectivity index (χ2v) is 14.1. The molecule has 3 aromatic rings. The molecule has 1 fully saturated rings. The van der Waals surface area contributed by atoms with E-state index < -0.39 is 19.9 Å². The zero-order chi connectivity index (χ0) is 29.9. The molecule has 4 rings (SSSR count). The minimum atomic E-state index is -4.46. The van der Waals surface area contributed by atoms with Crippen LogP contribution >= 0.6 is 7.14 Å². The molecule has 0 unspecified atom stereocenters. The molecule has 0 aliphatic carbocycles. The van der Waals surface area contributed by atoms with Gasteiger partial charge in [-0.3, -0.25) is 4.79 Å². The van der Waals surface area contributed by atoms with Crippen molar-refractivity contribution in [1.82, 2.24) is 19.8 Å². The number of carbonyl (C=O) groups is 1. The number of aromatic nitrogens is 2. The Balaban J connectivity index is 1.61. The monoisotopic (exact) mass is 589 g/mol. The Morgan fingerprint density at radius 3 is 2.66 bits per heavy atom. The number of benzene rings is 2. The van der Waals surface area contributed by atoms with Crippen LogP contribution in [0.15, 0.2) is 36.7 Å². The Morgan fingerprint density at radius 1 is 1.24 bits per heavy atom. The molecule has 12 heteroatoms. The van der Waals surface area contributed by atoms with Gasteiger partial charge in [-0.25, -0.2) is 4.98 Å². The zero-order valence-corrected chi connectivity index (χ0v) is 24.7. The molecule has 2 atom stereocenters. The predicted octanol–water partition coefficient (Wildman–Crippen LogP) is 4.39. The number of alkyl halides is 3. The van der Waals surface area contributed by atoms with Crippen molar-refractivity contribution in [2.45, 2.75) is 32.1 Å². The highest BCUT2D eigenvalue weighted by Crippen LogP contribution is 2.37. The van der Waals surface area contributed by atoms with Crippen molar-refractivity contribution in [3.63, 3.8) is 0 Å². The average Bonchev–Trinajstić information content (AvgIpc) is 3.28. The maximum Gasteiger partial charge on any atom is 0.406 e. The van der Waals surface area contributed by atoms with Crippen molar-refractivity contribution in [3.8, 4) is 17.6 Å². The maximum atomic E-state index is 13.4. The van der Waals surface area contributed by atoms with E-state index in [0.29, 0.717) is 22.3 Å². The quantitative estimate of drug-likeness (QED) is 0.314. The van der Waals surface area contributed by atoms with Crippen molar-refractivity contribution in [1.29, 1.82) is 0 Å². The van der Waals surface area contributed by atoms with Gasteiger partial charge in [0.15, 0.2) is 0 Å². The van der Waals surface area contributed by atoms with Crippen molar-refractivity contribution < 1.29 is 27.3 Å². The third-order valence-corrected chi connectivity index (χ3v) is 8.67. The van der Waals surface area contributed by atoms with E-state index in [-0.39, 0.29) is 41.0 Å². The first-order chi connectivity index (χ1) is 19.2. The van der Waals surface area contributed by atoms with E-state index in [4.69, 9.17) is 4.74 Å². The van der Waals surface area contributed by atoms with Crippen LogP contribution in [-0.4, -0.2) is 79.7 Å².